The number of aromatic hydroxyl groups is 1. The Morgan fingerprint density at radius 2 is 1.30 bits per heavy atom. The highest BCUT2D eigenvalue weighted by Gasteiger charge is 2.26. The van der Waals surface area contributed by atoms with Crippen LogP contribution in [0.1, 0.15) is 0 Å². The third-order valence-corrected chi connectivity index (χ3v) is 11.8. The Hall–Kier alpha value is -5.01. The van der Waals surface area contributed by atoms with Crippen LogP contribution in [0.3, 0.4) is 0 Å². The number of benzene rings is 4. The van der Waals surface area contributed by atoms with Crippen molar-refractivity contribution in [3.63, 3.8) is 0 Å². The van der Waals surface area contributed by atoms with Gasteiger partial charge in [-0.1, -0.05) is 12.1 Å². The number of sulfone groups is 1. The summed E-state index contributed by atoms with van der Waals surface area (Å²) in [5, 5.41) is 22.7. The van der Waals surface area contributed by atoms with Gasteiger partial charge in [0.2, 0.25) is 17.2 Å². The van der Waals surface area contributed by atoms with E-state index in [1.165, 1.54) is 24.3 Å². The molecular weight excluding hydrogens is 874 g/mol. The lowest BCUT2D eigenvalue weighted by Crippen LogP contribution is -2.15. The van der Waals surface area contributed by atoms with E-state index in [9.17, 15) is 60.9 Å². The molecule has 4 aromatic carbocycles. The highest BCUT2D eigenvalue weighted by Crippen LogP contribution is 2.45. The number of azo groups is 1. The van der Waals surface area contributed by atoms with Gasteiger partial charge in [-0.2, -0.15) is 53.7 Å². The summed E-state index contributed by atoms with van der Waals surface area (Å²) in [5.74, 6) is -2.85. The van der Waals surface area contributed by atoms with Crippen LogP contribution in [0, 0.1) is 0 Å². The first-order valence-electron chi connectivity index (χ1n) is 14.5. The molecule has 298 valence electrons. The molecule has 1 aromatic heterocycles. The van der Waals surface area contributed by atoms with Crippen molar-refractivity contribution in [2.75, 3.05) is 23.0 Å². The van der Waals surface area contributed by atoms with E-state index in [2.05, 4.69) is 40.0 Å². The molecule has 0 spiro atoms. The van der Waals surface area contributed by atoms with E-state index in [-0.39, 0.29) is 17.3 Å². The van der Waals surface area contributed by atoms with Gasteiger partial charge in [-0.25, -0.2) is 12.6 Å². The first-order valence-corrected chi connectivity index (χ1v) is 22.2. The number of anilines is 4. The van der Waals surface area contributed by atoms with Crippen LogP contribution in [-0.4, -0.2) is 92.7 Å². The topological polar surface area (TPSA) is 369 Å². The Bertz CT molecular complexity index is 3010. The second-order valence-electron chi connectivity index (χ2n) is 10.9. The number of rotatable bonds is 14. The zero-order valence-electron chi connectivity index (χ0n) is 27.1. The van der Waals surface area contributed by atoms with Crippen LogP contribution in [0.5, 0.6) is 5.75 Å². The normalized spacial score (nSPS) is 12.9. The van der Waals surface area contributed by atoms with Crippen molar-refractivity contribution in [2.24, 2.45) is 10.2 Å². The zero-order chi connectivity index (χ0) is 41.4. The first-order chi connectivity index (χ1) is 25.8. The number of nitrogens with zero attached hydrogens (tertiary/aromatic N) is 5. The third kappa shape index (κ3) is 10.4. The number of phenolic OH excluding ortho intramolecular Hbond substituents is 1. The van der Waals surface area contributed by atoms with E-state index in [1.807, 2.05) is 0 Å². The minimum atomic E-state index is -5.32. The minimum absolute atomic E-state index is 0.0341. The zero-order valence-corrected chi connectivity index (χ0v) is 32.0. The van der Waals surface area contributed by atoms with Crippen LogP contribution in [0.4, 0.5) is 34.6 Å². The van der Waals surface area contributed by atoms with Crippen LogP contribution < -0.4 is 10.6 Å². The second kappa shape index (κ2) is 15.5. The fourth-order valence-corrected chi connectivity index (χ4v) is 8.07. The Balaban J connectivity index is 1.62. The summed E-state index contributed by atoms with van der Waals surface area (Å²) in [6, 6.07) is 11.2. The number of fused-ring (bicyclic) bond motifs is 1. The molecule has 56 heavy (non-hydrogen) atoms. The summed E-state index contributed by atoms with van der Waals surface area (Å²) >= 11 is 6.05. The van der Waals surface area contributed by atoms with Gasteiger partial charge in [-0.05, 0) is 71.6 Å². The molecule has 0 fully saturated rings. The number of hydrogen-bond acceptors (Lipinski definition) is 19. The SMILES string of the molecule is O=S(=O)(O)OCCS(=O)(=O)c1cccc(N=Nc2c(S(=O)(=O)O)cc3cc(S(=O)(=O)O)cc(Nc4nc(Cl)nc(Nc5cccc(S(=O)(=O)O)c5)n4)c3c2O)c1. The molecule has 0 saturated carbocycles. The fourth-order valence-electron chi connectivity index (χ4n) is 4.66. The fraction of sp³-hybridized carbons (Fsp3) is 0.0741. The lowest BCUT2D eigenvalue weighted by Gasteiger charge is -2.15. The lowest BCUT2D eigenvalue weighted by atomic mass is 10.1. The van der Waals surface area contributed by atoms with Crippen LogP contribution in [-0.2, 0) is 54.8 Å². The summed E-state index contributed by atoms with van der Waals surface area (Å²) in [4.78, 5) is 8.79. The molecule has 0 amide bonds. The number of halogens is 1. The van der Waals surface area contributed by atoms with E-state index in [0.717, 1.165) is 36.4 Å². The average Bonchev–Trinajstić information content (AvgIpc) is 3.05. The van der Waals surface area contributed by atoms with Crippen molar-refractivity contribution in [1.82, 2.24) is 15.0 Å². The summed E-state index contributed by atoms with van der Waals surface area (Å²) in [6.07, 6.45) is 0. The van der Waals surface area contributed by atoms with Gasteiger partial charge in [0, 0.05) is 11.1 Å². The van der Waals surface area contributed by atoms with E-state index >= 15 is 0 Å². The Morgan fingerprint density at radius 3 is 1.93 bits per heavy atom. The summed E-state index contributed by atoms with van der Waals surface area (Å²) in [5.41, 5.74) is -1.68. The summed E-state index contributed by atoms with van der Waals surface area (Å²) in [6.45, 7) is -0.954. The standard InChI is InChI=1S/C27H22ClN7O16S5/c28-25-31-26(29-15-3-1-6-18(11-15)53(39,40)41)33-27(32-25)30-20-13-19(54(42,43)44)9-14-10-21(55(45,46)47)23(24(36)22(14)20)35-34-16-4-2-5-17(12-16)52(37,38)8-7-51-56(48,49)50/h1-6,9-13,36H,7-8H2,(H,39,40,41)(H,42,43,44)(H,45,46,47)(H,48,49,50)(H2,29,30,31,32,33). The minimum Gasteiger partial charge on any atom is -0.505 e. The maximum absolute atomic E-state index is 12.7. The van der Waals surface area contributed by atoms with Crippen molar-refractivity contribution >= 4 is 108 Å². The molecule has 0 aliphatic rings. The van der Waals surface area contributed by atoms with Crippen molar-refractivity contribution in [2.45, 2.75) is 19.6 Å². The van der Waals surface area contributed by atoms with Crippen molar-refractivity contribution in [3.05, 3.63) is 72.0 Å². The molecule has 0 bridgehead atoms. The van der Waals surface area contributed by atoms with Crippen LogP contribution >= 0.6 is 11.6 Å². The molecule has 0 radical (unpaired) electrons. The number of aromatic nitrogens is 3. The van der Waals surface area contributed by atoms with Crippen molar-refractivity contribution in [1.29, 1.82) is 0 Å². The second-order valence-corrected chi connectivity index (χ2v) is 18.6. The molecule has 5 rings (SSSR count). The molecule has 0 unspecified atom stereocenters. The monoisotopic (exact) mass is 895 g/mol. The molecule has 7 N–H and O–H groups in total. The summed E-state index contributed by atoms with van der Waals surface area (Å²) in [7, 11) is -24.2. The molecule has 0 aliphatic heterocycles. The Labute approximate surface area is 321 Å². The maximum Gasteiger partial charge on any atom is 0.397 e. The van der Waals surface area contributed by atoms with Gasteiger partial charge >= 0.3 is 10.4 Å². The van der Waals surface area contributed by atoms with Gasteiger partial charge in [0.15, 0.2) is 15.6 Å². The predicted octanol–water partition coefficient (Wildman–Crippen LogP) is 3.62. The Kier molecular flexibility index (Phi) is 11.7. The quantitative estimate of drug-likeness (QED) is 0.0618. The van der Waals surface area contributed by atoms with Crippen LogP contribution in [0.15, 0.2) is 96.5 Å². The predicted molar refractivity (Wildman–Crippen MR) is 193 cm³/mol. The highest BCUT2D eigenvalue weighted by molar-refractivity contribution is 7.91. The Morgan fingerprint density at radius 1 is 0.679 bits per heavy atom. The number of hydrogen-bond donors (Lipinski definition) is 7. The molecule has 1 heterocycles. The molecular formula is C27H22ClN7O16S5. The number of nitrogens with one attached hydrogen (secondary N) is 2. The molecule has 0 atom stereocenters. The van der Waals surface area contributed by atoms with Gasteiger partial charge < -0.3 is 15.7 Å². The van der Waals surface area contributed by atoms with E-state index in [1.54, 1.807) is 0 Å². The van der Waals surface area contributed by atoms with Gasteiger partial charge in [0.25, 0.3) is 30.4 Å². The van der Waals surface area contributed by atoms with E-state index in [0.29, 0.717) is 6.07 Å². The van der Waals surface area contributed by atoms with Crippen molar-refractivity contribution < 1.29 is 69.6 Å². The highest BCUT2D eigenvalue weighted by atomic mass is 35.5. The van der Waals surface area contributed by atoms with Crippen molar-refractivity contribution in [3.8, 4) is 5.75 Å². The van der Waals surface area contributed by atoms with Gasteiger partial charge in [-0.3, -0.25) is 18.2 Å². The molecule has 0 saturated heterocycles. The smallest absolute Gasteiger partial charge is 0.397 e. The third-order valence-electron chi connectivity index (χ3n) is 6.97. The van der Waals surface area contributed by atoms with Crippen LogP contribution in [0.2, 0.25) is 5.28 Å². The molecule has 0 aliphatic carbocycles. The molecule has 5 aromatic rings. The largest absolute Gasteiger partial charge is 0.505 e. The lowest BCUT2D eigenvalue weighted by molar-refractivity contribution is 0.284. The van der Waals surface area contributed by atoms with E-state index < -0.39 is 122 Å². The van der Waals surface area contributed by atoms with Gasteiger partial charge in [0.1, 0.15) is 10.6 Å². The average molecular weight is 896 g/mol. The maximum atomic E-state index is 12.7. The van der Waals surface area contributed by atoms with E-state index in [4.69, 9.17) is 16.2 Å². The van der Waals surface area contributed by atoms with Gasteiger partial charge in [-0.15, -0.1) is 5.11 Å². The summed E-state index contributed by atoms with van der Waals surface area (Å²) < 4.78 is 162. The van der Waals surface area contributed by atoms with Gasteiger partial charge in [0.05, 0.1) is 38.4 Å². The first kappa shape index (κ1) is 42.1. The molecule has 29 heteroatoms. The molecule has 23 nitrogen and oxygen atoms in total. The van der Waals surface area contributed by atoms with Crippen LogP contribution in [0.25, 0.3) is 10.8 Å². The number of phenols is 1.